The van der Waals surface area contributed by atoms with Crippen LogP contribution < -0.4 is 37.3 Å². The van der Waals surface area contributed by atoms with Crippen molar-refractivity contribution in [3.63, 3.8) is 0 Å². The van der Waals surface area contributed by atoms with Crippen molar-refractivity contribution in [3.05, 3.63) is 86.7 Å². The summed E-state index contributed by atoms with van der Waals surface area (Å²) in [6, 6.07) is 11.2. The number of hydrogen-bond acceptors (Lipinski definition) is 21. The number of carboxylic acid groups (broad SMARTS) is 1. The average Bonchev–Trinajstić information content (AvgIpc) is 1.52. The van der Waals surface area contributed by atoms with E-state index in [1.807, 2.05) is 43.0 Å². The van der Waals surface area contributed by atoms with Crippen LogP contribution in [0.25, 0.3) is 22.3 Å². The van der Waals surface area contributed by atoms with Gasteiger partial charge in [-0.25, -0.2) is 14.6 Å². The van der Waals surface area contributed by atoms with Crippen molar-refractivity contribution in [3.8, 4) is 17.1 Å². The highest BCUT2D eigenvalue weighted by Crippen LogP contribution is 2.41. The number of nitrogens with one attached hydrogen (secondary N) is 4. The predicted molar refractivity (Wildman–Crippen MR) is 308 cm³/mol. The first-order valence-electron chi connectivity index (χ1n) is 28.8. The van der Waals surface area contributed by atoms with Crippen LogP contribution in [0.5, 0.6) is 5.75 Å². The molecule has 4 amide bonds. The average molecular weight is 1210 g/mol. The number of carbonyl (C=O) groups excluding carboxylic acids is 5. The zero-order chi connectivity index (χ0) is 62.4. The van der Waals surface area contributed by atoms with E-state index < -0.39 is 84.0 Å². The molecule has 1 saturated heterocycles. The van der Waals surface area contributed by atoms with Gasteiger partial charge in [0.2, 0.25) is 29.9 Å². The lowest BCUT2D eigenvalue weighted by Gasteiger charge is -2.38. The lowest BCUT2D eigenvalue weighted by Crippen LogP contribution is -2.61. The molecular weight excluding hydrogens is 1120 g/mol. The quantitative estimate of drug-likeness (QED) is 0.0199. The van der Waals surface area contributed by atoms with Crippen molar-refractivity contribution in [2.24, 2.45) is 11.7 Å². The Kier molecular flexibility index (Phi) is 23.6. The van der Waals surface area contributed by atoms with E-state index in [2.05, 4.69) is 21.3 Å². The number of ether oxygens (including phenoxy) is 7. The monoisotopic (exact) mass is 1200 g/mol. The van der Waals surface area contributed by atoms with Gasteiger partial charge in [-0.15, -0.1) is 0 Å². The highest BCUT2D eigenvalue weighted by molar-refractivity contribution is 5.99. The molecule has 86 heavy (non-hydrogen) atoms. The number of aromatic nitrogens is 2. The minimum atomic E-state index is -2.03. The number of aliphatic hydroxyl groups is 4. The number of nitrogens with two attached hydrogens (primary N) is 1. The number of aliphatic hydroxyl groups excluding tert-OH is 3. The third-order valence-electron chi connectivity index (χ3n) is 15.2. The van der Waals surface area contributed by atoms with Crippen LogP contribution in [0, 0.1) is 5.92 Å². The normalized spacial score (nSPS) is 20.4. The Bertz CT molecular complexity index is 3120. The summed E-state index contributed by atoms with van der Waals surface area (Å²) >= 11 is 0. The Hall–Kier alpha value is -7.02. The van der Waals surface area contributed by atoms with Gasteiger partial charge in [-0.2, -0.15) is 0 Å². The van der Waals surface area contributed by atoms with E-state index in [0.29, 0.717) is 75.0 Å². The van der Waals surface area contributed by atoms with Crippen LogP contribution in [0.2, 0.25) is 0 Å². The Balaban J connectivity index is 0.986. The third-order valence-corrected chi connectivity index (χ3v) is 15.2. The van der Waals surface area contributed by atoms with Crippen LogP contribution in [0.15, 0.2) is 53.3 Å². The summed E-state index contributed by atoms with van der Waals surface area (Å²) in [4.78, 5) is 99.9. The summed E-state index contributed by atoms with van der Waals surface area (Å²) in [7, 11) is 0. The standard InChI is InChI=1S/C59H80N8O19/c1-7-59(79)40-27-43-48-38(29-67(43)55(75)39(40)31-84-58(59)78)36(37-10-8-9-11-41(37)63-48)14-17-66(33(4)5)30-46(69)61-28-35-12-13-42(44(26-35)85-57-51(72)49(70)50(71)52(86-57)56(76)77)64-53(73)34(6)62-54(74)47(32(2)3)65-45(68)15-18-80-20-22-82-24-25-83-23-21-81-19-16-60/h8-13,26-27,32-34,47,49-52,57,70-72,79H,7,14-25,28-31,60H2,1-6H3,(H,61,69)(H,62,74)(H,64,73)(H,65,68)(H,76,77)/t34-,47-,49-,50-,51+,52-,57+,59-/m0/s1. The van der Waals surface area contributed by atoms with Crippen molar-refractivity contribution in [2.75, 3.05) is 77.8 Å². The number of pyridine rings is 2. The lowest BCUT2D eigenvalue weighted by molar-refractivity contribution is -0.271. The molecule has 27 nitrogen and oxygen atoms in total. The molecule has 2 aromatic heterocycles. The van der Waals surface area contributed by atoms with Crippen LogP contribution in [0.1, 0.15) is 82.2 Å². The van der Waals surface area contributed by atoms with Crippen molar-refractivity contribution in [1.82, 2.24) is 30.4 Å². The van der Waals surface area contributed by atoms with Gasteiger partial charge in [0, 0.05) is 48.6 Å². The summed E-state index contributed by atoms with van der Waals surface area (Å²) < 4.78 is 39.8. The van der Waals surface area contributed by atoms with Gasteiger partial charge in [0.15, 0.2) is 11.7 Å². The molecule has 0 radical (unpaired) electrons. The Morgan fingerprint density at radius 1 is 0.837 bits per heavy atom. The topological polar surface area (TPSA) is 380 Å². The second-order valence-electron chi connectivity index (χ2n) is 21.8. The molecule has 3 aliphatic heterocycles. The summed E-state index contributed by atoms with van der Waals surface area (Å²) in [5, 5.41) is 64.7. The molecule has 4 aromatic rings. The van der Waals surface area contributed by atoms with Crippen molar-refractivity contribution in [2.45, 2.75) is 135 Å². The number of rotatable bonds is 32. The number of cyclic esters (lactones) is 1. The molecule has 8 atom stereocenters. The van der Waals surface area contributed by atoms with E-state index in [0.717, 1.165) is 16.5 Å². The molecule has 0 saturated carbocycles. The molecule has 0 spiro atoms. The number of nitrogens with zero attached hydrogens (tertiary/aromatic N) is 3. The Morgan fingerprint density at radius 3 is 2.16 bits per heavy atom. The SMILES string of the molecule is CC[C@@]1(O)C(=O)OCc2c1cc1n(c2=O)Cc2c-1nc1ccccc1c2CCN(CC(=O)NCc1ccc(NC(=O)[C@H](C)NC(=O)[C@@H](NC(=O)CCOCCOCCOCCOCCN)C(C)C)c(O[C@@H]2O[C@H](C(=O)O)[C@@H](O)[C@H](O)[C@H]2O)c1)C(C)C. The van der Waals surface area contributed by atoms with Gasteiger partial charge >= 0.3 is 11.9 Å². The van der Waals surface area contributed by atoms with Crippen molar-refractivity contribution < 1.29 is 87.5 Å². The molecule has 27 heteroatoms. The number of aliphatic carboxylic acids is 1. The molecule has 1 fully saturated rings. The lowest BCUT2D eigenvalue weighted by atomic mass is 9.86. The fourth-order valence-corrected chi connectivity index (χ4v) is 10.2. The van der Waals surface area contributed by atoms with Gasteiger partial charge in [0.1, 0.15) is 42.8 Å². The Labute approximate surface area is 496 Å². The molecule has 2 aromatic carbocycles. The van der Waals surface area contributed by atoms with E-state index in [1.165, 1.54) is 19.1 Å². The molecule has 0 aliphatic carbocycles. The van der Waals surface area contributed by atoms with Gasteiger partial charge in [-0.3, -0.25) is 28.9 Å². The van der Waals surface area contributed by atoms with E-state index in [9.17, 15) is 59.1 Å². The number of hydrogen-bond donors (Lipinski definition) is 10. The Morgan fingerprint density at radius 2 is 1.51 bits per heavy atom. The minimum Gasteiger partial charge on any atom is -0.479 e. The highest BCUT2D eigenvalue weighted by Gasteiger charge is 2.49. The van der Waals surface area contributed by atoms with Gasteiger partial charge in [-0.05, 0) is 74.9 Å². The maximum absolute atomic E-state index is 14.0. The maximum Gasteiger partial charge on any atom is 0.343 e. The second kappa shape index (κ2) is 30.6. The molecule has 5 heterocycles. The molecule has 3 aliphatic rings. The summed E-state index contributed by atoms with van der Waals surface area (Å²) in [6.07, 6.45) is -9.58. The van der Waals surface area contributed by atoms with Gasteiger partial charge in [0.25, 0.3) is 5.56 Å². The molecule has 470 valence electrons. The van der Waals surface area contributed by atoms with E-state index in [-0.39, 0.29) is 99.0 Å². The van der Waals surface area contributed by atoms with Gasteiger partial charge in [-0.1, -0.05) is 45.0 Å². The molecule has 0 bridgehead atoms. The zero-order valence-electron chi connectivity index (χ0n) is 49.2. The smallest absolute Gasteiger partial charge is 0.343 e. The summed E-state index contributed by atoms with van der Waals surface area (Å²) in [6.45, 7) is 13.5. The number of fused-ring (bicyclic) bond motifs is 5. The minimum absolute atomic E-state index is 0.00115. The fraction of sp³-hybridized carbons (Fsp3) is 0.559. The fourth-order valence-electron chi connectivity index (χ4n) is 10.2. The first-order valence-corrected chi connectivity index (χ1v) is 28.8. The first-order chi connectivity index (χ1) is 41.1. The van der Waals surface area contributed by atoms with Crippen molar-refractivity contribution in [1.29, 1.82) is 0 Å². The largest absolute Gasteiger partial charge is 0.479 e. The number of benzene rings is 2. The first kappa shape index (κ1) is 66.5. The number of esters is 1. The number of carboxylic acids is 1. The molecule has 0 unspecified atom stereocenters. The maximum atomic E-state index is 14.0. The van der Waals surface area contributed by atoms with Crippen LogP contribution in [-0.2, 0) is 88.9 Å². The number of amides is 4. The second-order valence-corrected chi connectivity index (χ2v) is 21.8. The molecule has 7 rings (SSSR count). The number of anilines is 1. The third kappa shape index (κ3) is 16.1. The van der Waals surface area contributed by atoms with Crippen LogP contribution >= 0.6 is 0 Å². The van der Waals surface area contributed by atoms with E-state index in [4.69, 9.17) is 43.9 Å². The van der Waals surface area contributed by atoms with E-state index >= 15 is 0 Å². The van der Waals surface area contributed by atoms with Crippen LogP contribution in [0.4, 0.5) is 5.69 Å². The van der Waals surface area contributed by atoms with Gasteiger partial charge in [0.05, 0.1) is 94.1 Å². The number of para-hydroxylation sites is 1. The van der Waals surface area contributed by atoms with Crippen LogP contribution in [-0.4, -0.2) is 197 Å². The zero-order valence-corrected chi connectivity index (χ0v) is 49.2. The predicted octanol–water partition coefficient (Wildman–Crippen LogP) is -0.0809. The highest BCUT2D eigenvalue weighted by atomic mass is 16.7. The molecular formula is C59H80N8O19. The number of carbonyl (C=O) groups is 6. The summed E-state index contributed by atoms with van der Waals surface area (Å²) in [5.41, 5.74) is 7.15. The van der Waals surface area contributed by atoms with Gasteiger partial charge < -0.3 is 90.3 Å². The van der Waals surface area contributed by atoms with Crippen molar-refractivity contribution >= 4 is 52.2 Å². The summed E-state index contributed by atoms with van der Waals surface area (Å²) in [5.74, 6) is -5.39. The van der Waals surface area contributed by atoms with Crippen LogP contribution in [0.3, 0.4) is 0 Å². The van der Waals surface area contributed by atoms with E-state index in [1.54, 1.807) is 37.5 Å². The molecule has 11 N–H and O–H groups in total.